The Hall–Kier alpha value is -2.04. The minimum Gasteiger partial charge on any atom is -0.399 e. The number of nitrogens with zero attached hydrogens (tertiary/aromatic N) is 1. The van der Waals surface area contributed by atoms with Crippen LogP contribution in [0.1, 0.15) is 22.8 Å². The Labute approximate surface area is 132 Å². The molecule has 0 unspecified atom stereocenters. The minimum atomic E-state index is -0.397. The van der Waals surface area contributed by atoms with Crippen LogP contribution >= 0.6 is 23.2 Å². The summed E-state index contributed by atoms with van der Waals surface area (Å²) < 4.78 is 0. The Morgan fingerprint density at radius 1 is 1.14 bits per heavy atom. The molecule has 0 saturated carbocycles. The lowest BCUT2D eigenvalue weighted by Gasteiger charge is -2.05. The topological polar surface area (TPSA) is 67.5 Å². The molecule has 2 rings (SSSR count). The van der Waals surface area contributed by atoms with Crippen molar-refractivity contribution in [2.75, 3.05) is 5.73 Å². The van der Waals surface area contributed by atoms with Crippen molar-refractivity contribution in [3.8, 4) is 0 Å². The third-order valence-electron chi connectivity index (χ3n) is 2.83. The maximum absolute atomic E-state index is 12.0. The van der Waals surface area contributed by atoms with Crippen molar-refractivity contribution in [2.24, 2.45) is 5.10 Å². The average Bonchev–Trinajstić information content (AvgIpc) is 2.45. The number of rotatable bonds is 3. The van der Waals surface area contributed by atoms with Gasteiger partial charge in [-0.3, -0.25) is 4.79 Å². The van der Waals surface area contributed by atoms with Gasteiger partial charge in [0.1, 0.15) is 0 Å². The van der Waals surface area contributed by atoms with Gasteiger partial charge in [0.2, 0.25) is 0 Å². The molecule has 6 heteroatoms. The molecule has 0 aliphatic carbocycles. The Bertz CT molecular complexity index is 697. The zero-order valence-electron chi connectivity index (χ0n) is 11.2. The maximum Gasteiger partial charge on any atom is 0.272 e. The lowest BCUT2D eigenvalue weighted by Crippen LogP contribution is -2.19. The molecule has 0 spiro atoms. The van der Waals surface area contributed by atoms with Gasteiger partial charge in [-0.15, -0.1) is 0 Å². The number of nitrogens with two attached hydrogens (primary N) is 1. The number of hydrogen-bond acceptors (Lipinski definition) is 3. The van der Waals surface area contributed by atoms with Crippen LogP contribution in [0.25, 0.3) is 0 Å². The third kappa shape index (κ3) is 3.97. The number of carbonyl (C=O) groups is 1. The van der Waals surface area contributed by atoms with Gasteiger partial charge in [-0.25, -0.2) is 5.43 Å². The number of nitrogens with one attached hydrogen (secondary N) is 1. The van der Waals surface area contributed by atoms with Crippen LogP contribution < -0.4 is 11.2 Å². The molecule has 0 bridgehead atoms. The summed E-state index contributed by atoms with van der Waals surface area (Å²) in [5, 5.41) is 4.80. The number of amides is 1. The summed E-state index contributed by atoms with van der Waals surface area (Å²) >= 11 is 11.8. The second-order valence-corrected chi connectivity index (χ2v) is 5.23. The first-order chi connectivity index (χ1) is 9.97. The molecule has 2 aromatic rings. The molecule has 2 aromatic carbocycles. The van der Waals surface area contributed by atoms with Crippen molar-refractivity contribution in [3.63, 3.8) is 0 Å². The number of halogens is 2. The van der Waals surface area contributed by atoms with Gasteiger partial charge in [0.05, 0.1) is 16.3 Å². The van der Waals surface area contributed by atoms with Crippen molar-refractivity contribution in [3.05, 3.63) is 63.6 Å². The number of hydrazone groups is 1. The van der Waals surface area contributed by atoms with E-state index in [4.69, 9.17) is 28.9 Å². The van der Waals surface area contributed by atoms with Gasteiger partial charge in [0, 0.05) is 10.7 Å². The fourth-order valence-electron chi connectivity index (χ4n) is 1.66. The smallest absolute Gasteiger partial charge is 0.272 e. The van der Waals surface area contributed by atoms with Crippen molar-refractivity contribution >= 4 is 40.5 Å². The van der Waals surface area contributed by atoms with Crippen LogP contribution in [0.5, 0.6) is 0 Å². The third-order valence-corrected chi connectivity index (χ3v) is 3.38. The number of benzene rings is 2. The predicted octanol–water partition coefficient (Wildman–Crippen LogP) is 3.73. The van der Waals surface area contributed by atoms with Gasteiger partial charge in [0.25, 0.3) is 5.91 Å². The van der Waals surface area contributed by atoms with Crippen molar-refractivity contribution < 1.29 is 4.79 Å². The molecule has 0 heterocycles. The summed E-state index contributed by atoms with van der Waals surface area (Å²) in [5.41, 5.74) is 10.6. The van der Waals surface area contributed by atoms with E-state index in [2.05, 4.69) is 10.5 Å². The summed E-state index contributed by atoms with van der Waals surface area (Å²) in [6.45, 7) is 1.79. The largest absolute Gasteiger partial charge is 0.399 e. The molecule has 0 fully saturated rings. The van der Waals surface area contributed by atoms with E-state index >= 15 is 0 Å². The maximum atomic E-state index is 12.0. The van der Waals surface area contributed by atoms with Gasteiger partial charge in [-0.1, -0.05) is 35.3 Å². The molecular formula is C15H13Cl2N3O. The molecule has 21 heavy (non-hydrogen) atoms. The zero-order chi connectivity index (χ0) is 15.4. The Kier molecular flexibility index (Phi) is 4.83. The Morgan fingerprint density at radius 2 is 1.81 bits per heavy atom. The Morgan fingerprint density at radius 3 is 2.43 bits per heavy atom. The summed E-state index contributed by atoms with van der Waals surface area (Å²) in [4.78, 5) is 12.0. The van der Waals surface area contributed by atoms with Crippen LogP contribution in [0.3, 0.4) is 0 Å². The summed E-state index contributed by atoms with van der Waals surface area (Å²) in [7, 11) is 0. The molecule has 0 aliphatic rings. The molecule has 4 nitrogen and oxygen atoms in total. The van der Waals surface area contributed by atoms with Gasteiger partial charge in [-0.2, -0.15) is 5.10 Å². The molecule has 0 aromatic heterocycles. The molecule has 108 valence electrons. The van der Waals surface area contributed by atoms with E-state index in [0.29, 0.717) is 22.0 Å². The number of hydrogen-bond donors (Lipinski definition) is 2. The fraction of sp³-hybridized carbons (Fsp3) is 0.0667. The molecule has 0 atom stereocenters. The van der Waals surface area contributed by atoms with E-state index in [1.54, 1.807) is 31.2 Å². The van der Waals surface area contributed by atoms with Gasteiger partial charge >= 0.3 is 0 Å². The van der Waals surface area contributed by atoms with Gasteiger partial charge in [0.15, 0.2) is 0 Å². The van der Waals surface area contributed by atoms with Crippen LogP contribution in [-0.4, -0.2) is 11.6 Å². The monoisotopic (exact) mass is 321 g/mol. The summed E-state index contributed by atoms with van der Waals surface area (Å²) in [5.74, 6) is -0.397. The zero-order valence-corrected chi connectivity index (χ0v) is 12.7. The van der Waals surface area contributed by atoms with E-state index in [0.717, 1.165) is 5.56 Å². The fourth-order valence-corrected chi connectivity index (χ4v) is 2.15. The van der Waals surface area contributed by atoms with Crippen molar-refractivity contribution in [2.45, 2.75) is 6.92 Å². The van der Waals surface area contributed by atoms with Gasteiger partial charge < -0.3 is 5.73 Å². The van der Waals surface area contributed by atoms with Crippen LogP contribution in [0, 0.1) is 0 Å². The Balaban J connectivity index is 2.12. The molecule has 0 radical (unpaired) electrons. The van der Waals surface area contributed by atoms with E-state index < -0.39 is 5.91 Å². The highest BCUT2D eigenvalue weighted by Crippen LogP contribution is 2.20. The average molecular weight is 322 g/mol. The first-order valence-corrected chi connectivity index (χ1v) is 6.88. The van der Waals surface area contributed by atoms with Crippen molar-refractivity contribution in [1.29, 1.82) is 0 Å². The lowest BCUT2D eigenvalue weighted by atomic mass is 10.1. The van der Waals surface area contributed by atoms with E-state index in [1.165, 1.54) is 6.07 Å². The van der Waals surface area contributed by atoms with Crippen LogP contribution in [0.2, 0.25) is 10.0 Å². The first kappa shape index (κ1) is 15.4. The summed E-state index contributed by atoms with van der Waals surface area (Å²) in [6.07, 6.45) is 0. The lowest BCUT2D eigenvalue weighted by molar-refractivity contribution is 0.0955. The standard InChI is InChI=1S/C15H13Cl2N3O/c1-9(10-2-5-12(18)6-3-10)19-20-15(21)13-7-4-11(16)8-14(13)17/h2-8H,18H2,1H3,(H,20,21). The number of nitrogen functional groups attached to an aromatic ring is 1. The second-order valence-electron chi connectivity index (χ2n) is 4.38. The van der Waals surface area contributed by atoms with Crippen molar-refractivity contribution in [1.82, 2.24) is 5.43 Å². The van der Waals surface area contributed by atoms with E-state index in [9.17, 15) is 4.79 Å². The molecular weight excluding hydrogens is 309 g/mol. The highest BCUT2D eigenvalue weighted by molar-refractivity contribution is 6.36. The first-order valence-electron chi connectivity index (χ1n) is 6.13. The molecule has 0 saturated heterocycles. The molecule has 0 aliphatic heterocycles. The molecule has 1 amide bonds. The van der Waals surface area contributed by atoms with E-state index in [1.807, 2.05) is 12.1 Å². The van der Waals surface area contributed by atoms with Gasteiger partial charge in [-0.05, 0) is 42.8 Å². The van der Waals surface area contributed by atoms with Crippen LogP contribution in [-0.2, 0) is 0 Å². The second kappa shape index (κ2) is 6.61. The minimum absolute atomic E-state index is 0.278. The SMILES string of the molecule is CC(=NNC(=O)c1ccc(Cl)cc1Cl)c1ccc(N)cc1. The van der Waals surface area contributed by atoms with E-state index in [-0.39, 0.29) is 5.02 Å². The highest BCUT2D eigenvalue weighted by atomic mass is 35.5. The van der Waals surface area contributed by atoms with Crippen LogP contribution in [0.4, 0.5) is 5.69 Å². The summed E-state index contributed by atoms with van der Waals surface area (Å²) in [6, 6.07) is 11.9. The predicted molar refractivity (Wildman–Crippen MR) is 87.0 cm³/mol. The molecule has 3 N–H and O–H groups in total. The normalized spacial score (nSPS) is 11.3. The quantitative estimate of drug-likeness (QED) is 0.514. The number of anilines is 1. The van der Waals surface area contributed by atoms with Crippen LogP contribution in [0.15, 0.2) is 47.6 Å². The number of carbonyl (C=O) groups excluding carboxylic acids is 1. The highest BCUT2D eigenvalue weighted by Gasteiger charge is 2.10.